The molecule has 0 aliphatic heterocycles. The van der Waals surface area contributed by atoms with Crippen LogP contribution in [0, 0.1) is 13.8 Å². The Labute approximate surface area is 140 Å². The van der Waals surface area contributed by atoms with Gasteiger partial charge in [-0.15, -0.1) is 0 Å². The number of benzene rings is 1. The van der Waals surface area contributed by atoms with E-state index in [1.54, 1.807) is 12.1 Å². The lowest BCUT2D eigenvalue weighted by molar-refractivity contribution is 0.0946. The summed E-state index contributed by atoms with van der Waals surface area (Å²) in [4.78, 5) is 16.2. The standard InChI is InChI=1S/C18H19N5O/c1-12-16(11-21-18(24)17-9-8-14(19)10-20-17)13(2)23(22-12)15-6-4-3-5-7-15/h3-10H,11,19H2,1-2H3,(H,21,24). The molecule has 1 amide bonds. The van der Waals surface area contributed by atoms with Crippen LogP contribution >= 0.6 is 0 Å². The van der Waals surface area contributed by atoms with E-state index in [2.05, 4.69) is 15.4 Å². The average molecular weight is 321 g/mol. The van der Waals surface area contributed by atoms with Crippen LogP contribution in [0.1, 0.15) is 27.4 Å². The van der Waals surface area contributed by atoms with Crippen molar-refractivity contribution < 1.29 is 4.79 Å². The number of nitrogens with one attached hydrogen (secondary N) is 1. The Morgan fingerprint density at radius 1 is 1.17 bits per heavy atom. The molecule has 0 saturated carbocycles. The molecule has 6 nitrogen and oxygen atoms in total. The van der Waals surface area contributed by atoms with Gasteiger partial charge in [-0.1, -0.05) is 18.2 Å². The van der Waals surface area contributed by atoms with Gasteiger partial charge in [0.2, 0.25) is 0 Å². The summed E-state index contributed by atoms with van der Waals surface area (Å²) in [6.07, 6.45) is 1.47. The van der Waals surface area contributed by atoms with Crippen molar-refractivity contribution >= 4 is 11.6 Å². The van der Waals surface area contributed by atoms with Gasteiger partial charge in [0.05, 0.1) is 23.3 Å². The smallest absolute Gasteiger partial charge is 0.270 e. The molecule has 2 heterocycles. The zero-order valence-corrected chi connectivity index (χ0v) is 13.7. The second-order valence-corrected chi connectivity index (χ2v) is 5.56. The summed E-state index contributed by atoms with van der Waals surface area (Å²) in [6.45, 7) is 4.33. The number of rotatable bonds is 4. The van der Waals surface area contributed by atoms with Gasteiger partial charge in [0, 0.05) is 17.8 Å². The molecule has 0 saturated heterocycles. The van der Waals surface area contributed by atoms with Gasteiger partial charge in [-0.25, -0.2) is 9.67 Å². The highest BCUT2D eigenvalue weighted by Crippen LogP contribution is 2.17. The highest BCUT2D eigenvalue weighted by molar-refractivity contribution is 5.92. The minimum Gasteiger partial charge on any atom is -0.397 e. The molecule has 6 heteroatoms. The molecule has 1 aromatic carbocycles. The highest BCUT2D eigenvalue weighted by atomic mass is 16.1. The lowest BCUT2D eigenvalue weighted by Gasteiger charge is -2.07. The molecule has 0 fully saturated rings. The van der Waals surface area contributed by atoms with Crippen LogP contribution < -0.4 is 11.1 Å². The topological polar surface area (TPSA) is 85.8 Å². The number of anilines is 1. The Morgan fingerprint density at radius 2 is 1.92 bits per heavy atom. The maximum Gasteiger partial charge on any atom is 0.270 e. The summed E-state index contributed by atoms with van der Waals surface area (Å²) in [6, 6.07) is 13.2. The second kappa shape index (κ2) is 6.54. The van der Waals surface area contributed by atoms with Gasteiger partial charge in [-0.05, 0) is 38.1 Å². The minimum atomic E-state index is -0.235. The van der Waals surface area contributed by atoms with Crippen LogP contribution in [0.2, 0.25) is 0 Å². The predicted molar refractivity (Wildman–Crippen MR) is 92.9 cm³/mol. The van der Waals surface area contributed by atoms with Crippen molar-refractivity contribution in [2.75, 3.05) is 5.73 Å². The van der Waals surface area contributed by atoms with E-state index in [1.165, 1.54) is 6.20 Å². The average Bonchev–Trinajstić information content (AvgIpc) is 2.88. The molecule has 3 aromatic rings. The van der Waals surface area contributed by atoms with Crippen LogP contribution in [0.5, 0.6) is 0 Å². The van der Waals surface area contributed by atoms with Gasteiger partial charge in [0.1, 0.15) is 5.69 Å². The Balaban J connectivity index is 1.77. The highest BCUT2D eigenvalue weighted by Gasteiger charge is 2.14. The molecule has 122 valence electrons. The first-order valence-electron chi connectivity index (χ1n) is 7.66. The third-order valence-electron chi connectivity index (χ3n) is 3.89. The molecule has 3 N–H and O–H groups in total. The minimum absolute atomic E-state index is 0.235. The van der Waals surface area contributed by atoms with Crippen molar-refractivity contribution in [1.82, 2.24) is 20.1 Å². The Bertz CT molecular complexity index is 853. The van der Waals surface area contributed by atoms with Crippen LogP contribution in [0.4, 0.5) is 5.69 Å². The first-order chi connectivity index (χ1) is 11.6. The third-order valence-corrected chi connectivity index (χ3v) is 3.89. The number of nitrogen functional groups attached to an aromatic ring is 1. The molecule has 0 aliphatic carbocycles. The zero-order valence-electron chi connectivity index (χ0n) is 13.7. The normalized spacial score (nSPS) is 10.6. The number of carbonyl (C=O) groups excluding carboxylic acids is 1. The summed E-state index contributed by atoms with van der Waals surface area (Å²) < 4.78 is 1.89. The van der Waals surface area contributed by atoms with Gasteiger partial charge in [-0.2, -0.15) is 5.10 Å². The SMILES string of the molecule is Cc1nn(-c2ccccc2)c(C)c1CNC(=O)c1ccc(N)cn1. The fourth-order valence-corrected chi connectivity index (χ4v) is 2.55. The molecule has 0 unspecified atom stereocenters. The van der Waals surface area contributed by atoms with Gasteiger partial charge >= 0.3 is 0 Å². The van der Waals surface area contributed by atoms with E-state index in [0.717, 1.165) is 22.6 Å². The number of aryl methyl sites for hydroxylation is 1. The number of hydrogen-bond donors (Lipinski definition) is 2. The monoisotopic (exact) mass is 321 g/mol. The maximum atomic E-state index is 12.2. The summed E-state index contributed by atoms with van der Waals surface area (Å²) in [5.74, 6) is -0.235. The van der Waals surface area contributed by atoms with Gasteiger partial charge < -0.3 is 11.1 Å². The van der Waals surface area contributed by atoms with E-state index in [9.17, 15) is 4.79 Å². The van der Waals surface area contributed by atoms with E-state index in [0.29, 0.717) is 17.9 Å². The molecule has 0 radical (unpaired) electrons. The van der Waals surface area contributed by atoms with Gasteiger partial charge in [-0.3, -0.25) is 4.79 Å². The van der Waals surface area contributed by atoms with E-state index in [-0.39, 0.29) is 5.91 Å². The molecule has 2 aromatic heterocycles. The number of hydrogen-bond acceptors (Lipinski definition) is 4. The Morgan fingerprint density at radius 3 is 2.58 bits per heavy atom. The number of pyridine rings is 1. The summed E-state index contributed by atoms with van der Waals surface area (Å²) in [5.41, 5.74) is 10.4. The van der Waals surface area contributed by atoms with Crippen molar-refractivity contribution in [3.8, 4) is 5.69 Å². The molecule has 0 spiro atoms. The van der Waals surface area contributed by atoms with E-state index < -0.39 is 0 Å². The maximum absolute atomic E-state index is 12.2. The van der Waals surface area contributed by atoms with E-state index in [4.69, 9.17) is 5.73 Å². The van der Waals surface area contributed by atoms with Crippen molar-refractivity contribution in [1.29, 1.82) is 0 Å². The number of para-hydroxylation sites is 1. The molecule has 0 bridgehead atoms. The molecule has 0 aliphatic rings. The van der Waals surface area contributed by atoms with Crippen LogP contribution in [0.3, 0.4) is 0 Å². The van der Waals surface area contributed by atoms with Crippen molar-refractivity contribution in [3.63, 3.8) is 0 Å². The van der Waals surface area contributed by atoms with Crippen LogP contribution in [0.25, 0.3) is 5.69 Å². The lowest BCUT2D eigenvalue weighted by Crippen LogP contribution is -2.24. The summed E-state index contributed by atoms with van der Waals surface area (Å²) in [7, 11) is 0. The number of aromatic nitrogens is 3. The van der Waals surface area contributed by atoms with Crippen LogP contribution in [0.15, 0.2) is 48.7 Å². The molecular weight excluding hydrogens is 302 g/mol. The van der Waals surface area contributed by atoms with Crippen molar-refractivity contribution in [2.24, 2.45) is 0 Å². The Kier molecular flexibility index (Phi) is 4.29. The number of carbonyl (C=O) groups is 1. The second-order valence-electron chi connectivity index (χ2n) is 5.56. The lowest BCUT2D eigenvalue weighted by atomic mass is 10.2. The van der Waals surface area contributed by atoms with E-state index >= 15 is 0 Å². The van der Waals surface area contributed by atoms with Crippen molar-refractivity contribution in [2.45, 2.75) is 20.4 Å². The van der Waals surface area contributed by atoms with Gasteiger partial charge in [0.15, 0.2) is 0 Å². The van der Waals surface area contributed by atoms with E-state index in [1.807, 2.05) is 48.9 Å². The number of amides is 1. The first kappa shape index (κ1) is 15.7. The fraction of sp³-hybridized carbons (Fsp3) is 0.167. The summed E-state index contributed by atoms with van der Waals surface area (Å²) in [5, 5.41) is 7.46. The number of nitrogens with two attached hydrogens (primary N) is 1. The molecule has 0 atom stereocenters. The Hall–Kier alpha value is -3.15. The van der Waals surface area contributed by atoms with Gasteiger partial charge in [0.25, 0.3) is 5.91 Å². The fourth-order valence-electron chi connectivity index (χ4n) is 2.55. The van der Waals surface area contributed by atoms with Crippen LogP contribution in [-0.4, -0.2) is 20.7 Å². The van der Waals surface area contributed by atoms with Crippen molar-refractivity contribution in [3.05, 3.63) is 71.3 Å². The quantitative estimate of drug-likeness (QED) is 0.772. The number of nitrogens with zero attached hydrogens (tertiary/aromatic N) is 3. The first-order valence-corrected chi connectivity index (χ1v) is 7.66. The molecule has 3 rings (SSSR count). The zero-order chi connectivity index (χ0) is 17.1. The predicted octanol–water partition coefficient (Wildman–Crippen LogP) is 2.40. The van der Waals surface area contributed by atoms with Crippen LogP contribution in [-0.2, 0) is 6.54 Å². The molecule has 24 heavy (non-hydrogen) atoms. The third kappa shape index (κ3) is 3.12. The largest absolute Gasteiger partial charge is 0.397 e. The molecular formula is C18H19N5O. The summed E-state index contributed by atoms with van der Waals surface area (Å²) >= 11 is 0.